The number of aromatic nitrogens is 2. The molecule has 0 radical (unpaired) electrons. The molecule has 3 nitrogen and oxygen atoms in total. The summed E-state index contributed by atoms with van der Waals surface area (Å²) in [5.41, 5.74) is 3.71. The summed E-state index contributed by atoms with van der Waals surface area (Å²) in [5.74, 6) is 4.49. The van der Waals surface area contributed by atoms with Gasteiger partial charge in [-0.25, -0.2) is 4.98 Å². The van der Waals surface area contributed by atoms with Crippen LogP contribution in [0.5, 0.6) is 11.5 Å². The van der Waals surface area contributed by atoms with Crippen LogP contribution in [0.2, 0.25) is 5.02 Å². The second-order valence-electron chi connectivity index (χ2n) is 5.60. The van der Waals surface area contributed by atoms with E-state index in [-0.39, 0.29) is 0 Å². The Morgan fingerprint density at radius 2 is 1.88 bits per heavy atom. The number of halogens is 2. The fourth-order valence-corrected chi connectivity index (χ4v) is 3.27. The molecule has 4 rings (SSSR count). The highest BCUT2D eigenvalue weighted by Gasteiger charge is 2.14. The molecule has 0 amide bonds. The smallest absolute Gasteiger partial charge is 0.137 e. The topological polar surface area (TPSA) is 37.9 Å². The maximum absolute atomic E-state index is 6.12. The lowest BCUT2D eigenvalue weighted by Gasteiger charge is -2.08. The molecule has 0 bridgehead atoms. The first-order chi connectivity index (χ1) is 12.2. The van der Waals surface area contributed by atoms with Crippen LogP contribution < -0.4 is 4.74 Å². The van der Waals surface area contributed by atoms with Crippen molar-refractivity contribution in [1.29, 1.82) is 0 Å². The number of aromatic amines is 1. The molecule has 2 aromatic heterocycles. The Bertz CT molecular complexity index is 1150. The van der Waals surface area contributed by atoms with Crippen LogP contribution in [0.25, 0.3) is 21.8 Å². The third kappa shape index (κ3) is 2.86. The van der Waals surface area contributed by atoms with E-state index in [4.69, 9.17) is 16.3 Å². The summed E-state index contributed by atoms with van der Waals surface area (Å²) >= 11 is 9.10. The summed E-state index contributed by atoms with van der Waals surface area (Å²) in [6.45, 7) is 2.02. The van der Waals surface area contributed by atoms with Crippen LogP contribution in [0.1, 0.15) is 11.3 Å². The molecule has 2 heterocycles. The summed E-state index contributed by atoms with van der Waals surface area (Å²) < 4.78 is 6.12. The minimum absolute atomic E-state index is 0.678. The van der Waals surface area contributed by atoms with E-state index in [0.29, 0.717) is 5.02 Å². The lowest BCUT2D eigenvalue weighted by Crippen LogP contribution is -1.89. The van der Waals surface area contributed by atoms with Crippen molar-refractivity contribution >= 4 is 49.3 Å². The number of benzene rings is 2. The van der Waals surface area contributed by atoms with Crippen LogP contribution in [0.3, 0.4) is 0 Å². The zero-order valence-electron chi connectivity index (χ0n) is 13.2. The van der Waals surface area contributed by atoms with Crippen LogP contribution in [0.4, 0.5) is 0 Å². The number of H-pyrrole nitrogens is 1. The number of fused-ring (bicyclic) bond motifs is 3. The molecule has 0 aliphatic heterocycles. The van der Waals surface area contributed by atoms with Gasteiger partial charge in [0.25, 0.3) is 0 Å². The van der Waals surface area contributed by atoms with Crippen LogP contribution in [0, 0.1) is 17.7 Å². The van der Waals surface area contributed by atoms with Gasteiger partial charge in [-0.2, -0.15) is 0 Å². The van der Waals surface area contributed by atoms with E-state index >= 15 is 0 Å². The van der Waals surface area contributed by atoms with Crippen molar-refractivity contribution < 1.29 is 4.74 Å². The van der Waals surface area contributed by atoms with Crippen molar-refractivity contribution in [1.82, 2.24) is 9.97 Å². The molecule has 0 atom stereocenters. The molecule has 0 aliphatic rings. The van der Waals surface area contributed by atoms with Gasteiger partial charge in [0, 0.05) is 26.3 Å². The fourth-order valence-electron chi connectivity index (χ4n) is 2.95. The molecule has 122 valence electrons. The molecule has 0 spiro atoms. The van der Waals surface area contributed by atoms with Gasteiger partial charge in [0.05, 0.1) is 22.6 Å². The highest BCUT2D eigenvalue weighted by atomic mass is 79.9. The van der Waals surface area contributed by atoms with Crippen molar-refractivity contribution in [2.24, 2.45) is 0 Å². The van der Waals surface area contributed by atoms with Gasteiger partial charge in [-0.3, -0.25) is 0 Å². The Kier molecular flexibility index (Phi) is 4.12. The molecule has 4 aromatic rings. The fraction of sp³-hybridized carbons (Fsp3) is 0.0500. The minimum Gasteiger partial charge on any atom is -0.457 e. The summed E-state index contributed by atoms with van der Waals surface area (Å²) in [4.78, 5) is 10.6. The minimum atomic E-state index is 0.678. The second kappa shape index (κ2) is 6.44. The molecular weight excluding hydrogens is 400 g/mol. The van der Waals surface area contributed by atoms with Crippen LogP contribution in [-0.4, -0.2) is 9.97 Å². The predicted octanol–water partition coefficient (Wildman–Crippen LogP) is 6.17. The van der Waals surface area contributed by atoms with Crippen molar-refractivity contribution in [2.75, 3.05) is 0 Å². The third-order valence-corrected chi connectivity index (χ3v) is 4.53. The highest BCUT2D eigenvalue weighted by Crippen LogP contribution is 2.37. The average molecular weight is 412 g/mol. The van der Waals surface area contributed by atoms with E-state index in [1.54, 1.807) is 6.20 Å². The first kappa shape index (κ1) is 16.0. The molecular formula is C20H12BrClN2O. The summed E-state index contributed by atoms with van der Waals surface area (Å²) in [6, 6.07) is 13.3. The zero-order chi connectivity index (χ0) is 17.4. The Hall–Kier alpha value is -2.48. The molecule has 0 saturated heterocycles. The summed E-state index contributed by atoms with van der Waals surface area (Å²) in [6.07, 6.45) is 1.81. The first-order valence-electron chi connectivity index (χ1n) is 7.62. The first-order valence-corrected chi connectivity index (χ1v) is 8.79. The number of nitrogens with one attached hydrogen (secondary N) is 1. The van der Waals surface area contributed by atoms with Gasteiger partial charge in [-0.15, -0.1) is 0 Å². The molecule has 0 fully saturated rings. The van der Waals surface area contributed by atoms with E-state index < -0.39 is 0 Å². The van der Waals surface area contributed by atoms with Gasteiger partial charge < -0.3 is 9.72 Å². The molecule has 5 heteroatoms. The number of hydrogen-bond donors (Lipinski definition) is 1. The molecule has 1 N–H and O–H groups in total. The third-order valence-electron chi connectivity index (χ3n) is 4.07. The molecule has 0 saturated carbocycles. The Morgan fingerprint density at radius 1 is 1.08 bits per heavy atom. The normalized spacial score (nSPS) is 10.7. The number of rotatable bonds is 2. The quantitative estimate of drug-likeness (QED) is 0.400. The van der Waals surface area contributed by atoms with Crippen LogP contribution in [-0.2, 0) is 0 Å². The van der Waals surface area contributed by atoms with E-state index in [9.17, 15) is 0 Å². The second-order valence-corrected chi connectivity index (χ2v) is 6.43. The van der Waals surface area contributed by atoms with Crippen molar-refractivity contribution in [2.45, 2.75) is 6.92 Å². The molecule has 0 aliphatic carbocycles. The number of aryl methyl sites for hydroxylation is 1. The predicted molar refractivity (Wildman–Crippen MR) is 106 cm³/mol. The van der Waals surface area contributed by atoms with E-state index in [2.05, 4.69) is 36.6 Å². The lowest BCUT2D eigenvalue weighted by molar-refractivity contribution is 0.488. The average Bonchev–Trinajstić information content (AvgIpc) is 3.00. The van der Waals surface area contributed by atoms with Gasteiger partial charge in [0.1, 0.15) is 17.2 Å². The Balaban J connectivity index is 1.96. The van der Waals surface area contributed by atoms with Crippen molar-refractivity contribution in [3.05, 3.63) is 64.9 Å². The van der Waals surface area contributed by atoms with Crippen LogP contribution in [0.15, 0.2) is 48.7 Å². The Morgan fingerprint density at radius 3 is 2.64 bits per heavy atom. The summed E-state index contributed by atoms with van der Waals surface area (Å²) in [5, 5.41) is 2.77. The lowest BCUT2D eigenvalue weighted by atomic mass is 10.1. The van der Waals surface area contributed by atoms with Gasteiger partial charge in [-0.1, -0.05) is 17.7 Å². The van der Waals surface area contributed by atoms with Crippen LogP contribution >= 0.6 is 27.5 Å². The van der Waals surface area contributed by atoms with Gasteiger partial charge in [0.15, 0.2) is 0 Å². The van der Waals surface area contributed by atoms with Gasteiger partial charge in [-0.05, 0) is 59.6 Å². The number of ether oxygens (including phenoxy) is 1. The maximum atomic E-state index is 6.12. The molecule has 25 heavy (non-hydrogen) atoms. The standard InChI is InChI=1S/C20H12BrClN2O/c1-12-15(9-10-21)23-11-17-19(12)20-16(24-17)3-2-4-18(20)25-14-7-5-13(22)6-8-14/h2-8,11,24H,1H3. The van der Waals surface area contributed by atoms with Crippen molar-refractivity contribution in [3.63, 3.8) is 0 Å². The number of pyridine rings is 1. The van der Waals surface area contributed by atoms with E-state index in [0.717, 1.165) is 44.6 Å². The number of hydrogen-bond acceptors (Lipinski definition) is 2. The van der Waals surface area contributed by atoms with Gasteiger partial charge >= 0.3 is 0 Å². The molecule has 2 aromatic carbocycles. The van der Waals surface area contributed by atoms with Gasteiger partial charge in [0.2, 0.25) is 0 Å². The summed E-state index contributed by atoms with van der Waals surface area (Å²) in [7, 11) is 0. The SMILES string of the molecule is Cc1c(C#CBr)ncc2[nH]c3cccc(Oc4ccc(Cl)cc4)c3c12. The monoisotopic (exact) mass is 410 g/mol. The highest BCUT2D eigenvalue weighted by molar-refractivity contribution is 9.12. The molecule has 0 unspecified atom stereocenters. The Labute approximate surface area is 158 Å². The zero-order valence-corrected chi connectivity index (χ0v) is 15.6. The maximum Gasteiger partial charge on any atom is 0.137 e. The number of nitrogens with zero attached hydrogens (tertiary/aromatic N) is 1. The van der Waals surface area contributed by atoms with E-state index in [1.165, 1.54) is 0 Å². The van der Waals surface area contributed by atoms with E-state index in [1.807, 2.05) is 49.4 Å². The largest absolute Gasteiger partial charge is 0.457 e. The van der Waals surface area contributed by atoms with Crippen molar-refractivity contribution in [3.8, 4) is 22.2 Å².